The van der Waals surface area contributed by atoms with E-state index in [4.69, 9.17) is 4.42 Å². The summed E-state index contributed by atoms with van der Waals surface area (Å²) in [7, 11) is 0. The predicted octanol–water partition coefficient (Wildman–Crippen LogP) is 3.91. The largest absolute Gasteiger partial charge is 0.441 e. The molecule has 0 aliphatic rings. The highest BCUT2D eigenvalue weighted by Gasteiger charge is 2.07. The minimum Gasteiger partial charge on any atom is -0.441 e. The molecule has 0 aliphatic heterocycles. The topological polar surface area (TPSA) is 72.2 Å². The molecule has 3 aromatic rings. The minimum absolute atomic E-state index is 0.0256. The van der Waals surface area contributed by atoms with Crippen molar-refractivity contribution in [2.45, 2.75) is 26.7 Å². The fourth-order valence-corrected chi connectivity index (χ4v) is 2.54. The maximum absolute atomic E-state index is 12.1. The molecule has 1 N–H and O–H groups in total. The Kier molecular flexibility index (Phi) is 4.42. The first-order chi connectivity index (χ1) is 11.5. The van der Waals surface area contributed by atoms with E-state index in [2.05, 4.69) is 10.3 Å². The average molecular weight is 322 g/mol. The minimum atomic E-state index is -0.0906. The standard InChI is InChI=1S/C19H18N2O3/c1-12(22)15-4-3-5-16(11-15)21-19(23)9-7-14-6-8-18-17(10-14)20-13(2)24-18/h3-6,8,10-11H,7,9H2,1-2H3,(H,21,23). The molecule has 0 unspecified atom stereocenters. The quantitative estimate of drug-likeness (QED) is 0.723. The number of amides is 1. The second-order valence-electron chi connectivity index (χ2n) is 5.72. The number of ketones is 1. The summed E-state index contributed by atoms with van der Waals surface area (Å²) in [6.07, 6.45) is 0.965. The van der Waals surface area contributed by atoms with Crippen LogP contribution in [-0.4, -0.2) is 16.7 Å². The van der Waals surface area contributed by atoms with Crippen LogP contribution in [0.3, 0.4) is 0 Å². The van der Waals surface area contributed by atoms with E-state index in [9.17, 15) is 9.59 Å². The molecule has 0 radical (unpaired) electrons. The Morgan fingerprint density at radius 2 is 2.00 bits per heavy atom. The van der Waals surface area contributed by atoms with E-state index in [1.54, 1.807) is 24.3 Å². The number of oxazole rings is 1. The number of aromatic nitrogens is 1. The van der Waals surface area contributed by atoms with E-state index < -0.39 is 0 Å². The maximum Gasteiger partial charge on any atom is 0.224 e. The van der Waals surface area contributed by atoms with Crippen molar-refractivity contribution in [1.29, 1.82) is 0 Å². The van der Waals surface area contributed by atoms with E-state index >= 15 is 0 Å². The van der Waals surface area contributed by atoms with Crippen LogP contribution in [0, 0.1) is 6.92 Å². The number of nitrogens with zero attached hydrogens (tertiary/aromatic N) is 1. The van der Waals surface area contributed by atoms with Gasteiger partial charge in [0.2, 0.25) is 5.91 Å². The first kappa shape index (κ1) is 15.9. The van der Waals surface area contributed by atoms with Crippen molar-refractivity contribution < 1.29 is 14.0 Å². The normalized spacial score (nSPS) is 10.8. The molecule has 0 bridgehead atoms. The molecule has 122 valence electrons. The van der Waals surface area contributed by atoms with Crippen LogP contribution in [0.5, 0.6) is 0 Å². The number of nitrogens with one attached hydrogen (secondary N) is 1. The van der Waals surface area contributed by atoms with Gasteiger partial charge < -0.3 is 9.73 Å². The van der Waals surface area contributed by atoms with Gasteiger partial charge in [0.25, 0.3) is 0 Å². The number of anilines is 1. The number of Topliss-reactive ketones (excluding diaryl/α,β-unsaturated/α-hetero) is 1. The van der Waals surface area contributed by atoms with Gasteiger partial charge in [0.05, 0.1) is 0 Å². The molecule has 0 saturated heterocycles. The van der Waals surface area contributed by atoms with Crippen molar-refractivity contribution in [2.75, 3.05) is 5.32 Å². The van der Waals surface area contributed by atoms with Gasteiger partial charge in [-0.25, -0.2) is 4.98 Å². The molecule has 1 heterocycles. The lowest BCUT2D eigenvalue weighted by Crippen LogP contribution is -2.12. The summed E-state index contributed by atoms with van der Waals surface area (Å²) in [4.78, 5) is 27.8. The van der Waals surface area contributed by atoms with Crippen LogP contribution >= 0.6 is 0 Å². The first-order valence-corrected chi connectivity index (χ1v) is 7.78. The molecular formula is C19H18N2O3. The van der Waals surface area contributed by atoms with Crippen LogP contribution in [0.2, 0.25) is 0 Å². The Bertz CT molecular complexity index is 912. The van der Waals surface area contributed by atoms with Crippen molar-refractivity contribution in [1.82, 2.24) is 4.98 Å². The molecule has 0 atom stereocenters. The summed E-state index contributed by atoms with van der Waals surface area (Å²) in [5.41, 5.74) is 3.81. The molecule has 24 heavy (non-hydrogen) atoms. The van der Waals surface area contributed by atoms with Gasteiger partial charge in [-0.05, 0) is 43.2 Å². The van der Waals surface area contributed by atoms with E-state index in [-0.39, 0.29) is 11.7 Å². The third kappa shape index (κ3) is 3.68. The van der Waals surface area contributed by atoms with Gasteiger partial charge in [0, 0.05) is 24.6 Å². The predicted molar refractivity (Wildman–Crippen MR) is 92.1 cm³/mol. The summed E-state index contributed by atoms with van der Waals surface area (Å²) in [5, 5.41) is 2.82. The molecule has 0 spiro atoms. The molecule has 0 saturated carbocycles. The van der Waals surface area contributed by atoms with Crippen molar-refractivity contribution in [3.8, 4) is 0 Å². The van der Waals surface area contributed by atoms with Gasteiger partial charge in [-0.2, -0.15) is 0 Å². The number of hydrogen-bond donors (Lipinski definition) is 1. The second-order valence-corrected chi connectivity index (χ2v) is 5.72. The molecule has 1 aromatic heterocycles. The fraction of sp³-hybridized carbons (Fsp3) is 0.211. The van der Waals surface area contributed by atoms with Crippen molar-refractivity contribution in [2.24, 2.45) is 0 Å². The van der Waals surface area contributed by atoms with Gasteiger partial charge in [0.15, 0.2) is 17.3 Å². The van der Waals surface area contributed by atoms with Crippen LogP contribution in [0.1, 0.15) is 35.2 Å². The summed E-state index contributed by atoms with van der Waals surface area (Å²) in [6.45, 7) is 3.31. The lowest BCUT2D eigenvalue weighted by atomic mass is 10.1. The van der Waals surface area contributed by atoms with Crippen LogP contribution in [0.15, 0.2) is 46.9 Å². The Hall–Kier alpha value is -2.95. The Labute approximate surface area is 139 Å². The smallest absolute Gasteiger partial charge is 0.224 e. The van der Waals surface area contributed by atoms with E-state index in [1.807, 2.05) is 25.1 Å². The summed E-state index contributed by atoms with van der Waals surface area (Å²) < 4.78 is 5.44. The molecule has 1 amide bonds. The number of hydrogen-bond acceptors (Lipinski definition) is 4. The molecule has 5 nitrogen and oxygen atoms in total. The van der Waals surface area contributed by atoms with Gasteiger partial charge in [-0.1, -0.05) is 18.2 Å². The van der Waals surface area contributed by atoms with E-state index in [1.165, 1.54) is 6.92 Å². The summed E-state index contributed by atoms with van der Waals surface area (Å²) in [6, 6.07) is 12.7. The molecule has 0 aliphatic carbocycles. The second kappa shape index (κ2) is 6.66. The number of benzene rings is 2. The third-order valence-corrected chi connectivity index (χ3v) is 3.75. The Morgan fingerprint density at radius 1 is 1.17 bits per heavy atom. The van der Waals surface area contributed by atoms with Crippen LogP contribution in [0.4, 0.5) is 5.69 Å². The average Bonchev–Trinajstić information content (AvgIpc) is 2.92. The summed E-state index contributed by atoms with van der Waals surface area (Å²) >= 11 is 0. The van der Waals surface area contributed by atoms with Gasteiger partial charge in [-0.3, -0.25) is 9.59 Å². The lowest BCUT2D eigenvalue weighted by molar-refractivity contribution is -0.116. The number of carbonyl (C=O) groups is 2. The van der Waals surface area contributed by atoms with Crippen LogP contribution in [-0.2, 0) is 11.2 Å². The maximum atomic E-state index is 12.1. The fourth-order valence-electron chi connectivity index (χ4n) is 2.54. The molecule has 0 fully saturated rings. The lowest BCUT2D eigenvalue weighted by Gasteiger charge is -2.06. The van der Waals surface area contributed by atoms with Gasteiger partial charge in [0.1, 0.15) is 5.52 Å². The highest BCUT2D eigenvalue weighted by atomic mass is 16.3. The Morgan fingerprint density at radius 3 is 2.79 bits per heavy atom. The van der Waals surface area contributed by atoms with Gasteiger partial charge in [-0.15, -0.1) is 0 Å². The van der Waals surface area contributed by atoms with Crippen molar-refractivity contribution in [3.05, 3.63) is 59.5 Å². The molecule has 3 rings (SSSR count). The highest BCUT2D eigenvalue weighted by molar-refractivity contribution is 5.97. The zero-order valence-corrected chi connectivity index (χ0v) is 13.6. The third-order valence-electron chi connectivity index (χ3n) is 3.75. The molecular weight excluding hydrogens is 304 g/mol. The summed E-state index contributed by atoms with van der Waals surface area (Å²) in [5.74, 6) is 0.514. The number of aryl methyl sites for hydroxylation is 2. The highest BCUT2D eigenvalue weighted by Crippen LogP contribution is 2.18. The van der Waals surface area contributed by atoms with E-state index in [0.29, 0.717) is 30.0 Å². The molecule has 5 heteroatoms. The monoisotopic (exact) mass is 322 g/mol. The SMILES string of the molecule is CC(=O)c1cccc(NC(=O)CCc2ccc3oc(C)nc3c2)c1. The van der Waals surface area contributed by atoms with Crippen LogP contribution < -0.4 is 5.32 Å². The number of carbonyl (C=O) groups excluding carboxylic acids is 2. The zero-order chi connectivity index (χ0) is 17.1. The Balaban J connectivity index is 1.62. The molecule has 2 aromatic carbocycles. The number of rotatable bonds is 5. The van der Waals surface area contributed by atoms with Crippen LogP contribution in [0.25, 0.3) is 11.1 Å². The van der Waals surface area contributed by atoms with E-state index in [0.717, 1.165) is 16.7 Å². The number of fused-ring (bicyclic) bond motifs is 1. The first-order valence-electron chi connectivity index (χ1n) is 7.78. The zero-order valence-electron chi connectivity index (χ0n) is 13.6. The van der Waals surface area contributed by atoms with Crippen molar-refractivity contribution in [3.63, 3.8) is 0 Å². The van der Waals surface area contributed by atoms with Crippen molar-refractivity contribution >= 4 is 28.5 Å². The van der Waals surface area contributed by atoms with Gasteiger partial charge >= 0.3 is 0 Å².